The first-order valence-corrected chi connectivity index (χ1v) is 6.51. The number of likely N-dealkylation sites (tertiary alicyclic amines) is 1. The van der Waals surface area contributed by atoms with Crippen molar-refractivity contribution in [1.29, 1.82) is 0 Å². The van der Waals surface area contributed by atoms with Crippen LogP contribution >= 0.6 is 0 Å². The lowest BCUT2D eigenvalue weighted by molar-refractivity contribution is -0.140. The summed E-state index contributed by atoms with van der Waals surface area (Å²) in [6, 6.07) is -1.41. The number of hydrogen-bond donors (Lipinski definition) is 3. The van der Waals surface area contributed by atoms with Gasteiger partial charge in [0.15, 0.2) is 6.04 Å². The summed E-state index contributed by atoms with van der Waals surface area (Å²) in [5.41, 5.74) is 0. The predicted molar refractivity (Wildman–Crippen MR) is 66.3 cm³/mol. The molecule has 0 saturated carbocycles. The molecule has 104 valence electrons. The van der Waals surface area contributed by atoms with Crippen LogP contribution in [-0.4, -0.2) is 52.3 Å². The second kappa shape index (κ2) is 7.20. The Labute approximate surface area is 107 Å². The number of amides is 2. The highest BCUT2D eigenvalue weighted by Gasteiger charge is 2.28. The van der Waals surface area contributed by atoms with Crippen LogP contribution in [0.2, 0.25) is 0 Å². The van der Waals surface area contributed by atoms with Crippen LogP contribution in [-0.2, 0) is 4.79 Å². The molecule has 1 aliphatic heterocycles. The lowest BCUT2D eigenvalue weighted by Gasteiger charge is -2.36. The number of rotatable bonds is 5. The maximum absolute atomic E-state index is 12.0. The zero-order valence-electron chi connectivity index (χ0n) is 10.8. The quantitative estimate of drug-likeness (QED) is 0.680. The number of aliphatic hydroxyl groups excluding tert-OH is 1. The highest BCUT2D eigenvalue weighted by molar-refractivity contribution is 5.82. The third kappa shape index (κ3) is 3.87. The van der Waals surface area contributed by atoms with Crippen LogP contribution in [0, 0.1) is 0 Å². The number of carboxylic acids is 1. The van der Waals surface area contributed by atoms with Crippen molar-refractivity contribution < 1.29 is 19.8 Å². The molecule has 18 heavy (non-hydrogen) atoms. The number of carbonyl (C=O) groups is 2. The molecule has 0 spiro atoms. The molecule has 0 aromatic heterocycles. The van der Waals surface area contributed by atoms with Crippen molar-refractivity contribution >= 4 is 12.0 Å². The largest absolute Gasteiger partial charge is 0.480 e. The van der Waals surface area contributed by atoms with Crippen molar-refractivity contribution in [2.75, 3.05) is 13.2 Å². The standard InChI is InChI=1S/C12H22N2O4/c1-2-5-9-6-3-4-7-14(9)12(18)13-10(8-15)11(16)17/h9-10,15H,2-8H2,1H3,(H,13,18)(H,16,17)/t9?,10-/m1/s1. The summed E-state index contributed by atoms with van der Waals surface area (Å²) >= 11 is 0. The minimum Gasteiger partial charge on any atom is -0.480 e. The summed E-state index contributed by atoms with van der Waals surface area (Å²) < 4.78 is 0. The molecule has 6 nitrogen and oxygen atoms in total. The van der Waals surface area contributed by atoms with Gasteiger partial charge in [-0.05, 0) is 25.7 Å². The predicted octanol–water partition coefficient (Wildman–Crippen LogP) is 0.796. The first kappa shape index (κ1) is 14.8. The van der Waals surface area contributed by atoms with E-state index in [1.807, 2.05) is 0 Å². The third-order valence-corrected chi connectivity index (χ3v) is 3.29. The Morgan fingerprint density at radius 2 is 2.17 bits per heavy atom. The summed E-state index contributed by atoms with van der Waals surface area (Å²) in [4.78, 5) is 24.5. The van der Waals surface area contributed by atoms with Gasteiger partial charge < -0.3 is 20.4 Å². The molecular formula is C12H22N2O4. The number of carbonyl (C=O) groups excluding carboxylic acids is 1. The lowest BCUT2D eigenvalue weighted by atomic mass is 9.99. The Kier molecular flexibility index (Phi) is 5.91. The van der Waals surface area contributed by atoms with Gasteiger partial charge in [-0.15, -0.1) is 0 Å². The van der Waals surface area contributed by atoms with E-state index in [9.17, 15) is 9.59 Å². The van der Waals surface area contributed by atoms with Crippen LogP contribution in [0.4, 0.5) is 4.79 Å². The van der Waals surface area contributed by atoms with E-state index in [-0.39, 0.29) is 12.1 Å². The Balaban J connectivity index is 2.59. The van der Waals surface area contributed by atoms with Crippen molar-refractivity contribution in [3.8, 4) is 0 Å². The van der Waals surface area contributed by atoms with Gasteiger partial charge in [0, 0.05) is 12.6 Å². The molecule has 6 heteroatoms. The molecule has 2 amide bonds. The van der Waals surface area contributed by atoms with E-state index in [1.165, 1.54) is 0 Å². The molecule has 1 aliphatic rings. The molecule has 1 rings (SSSR count). The molecule has 0 bridgehead atoms. The Hall–Kier alpha value is -1.30. The molecule has 2 atom stereocenters. The van der Waals surface area contributed by atoms with Crippen LogP contribution in [0.5, 0.6) is 0 Å². The normalized spacial score (nSPS) is 21.4. The number of nitrogens with one attached hydrogen (secondary N) is 1. The van der Waals surface area contributed by atoms with Crippen LogP contribution in [0.1, 0.15) is 39.0 Å². The Morgan fingerprint density at radius 1 is 1.44 bits per heavy atom. The molecule has 1 fully saturated rings. The number of piperidine rings is 1. The van der Waals surface area contributed by atoms with E-state index in [2.05, 4.69) is 12.2 Å². The zero-order chi connectivity index (χ0) is 13.5. The molecular weight excluding hydrogens is 236 g/mol. The molecule has 1 unspecified atom stereocenters. The van der Waals surface area contributed by atoms with E-state index in [1.54, 1.807) is 4.90 Å². The van der Waals surface area contributed by atoms with Crippen molar-refractivity contribution in [2.45, 2.75) is 51.1 Å². The number of hydrogen-bond acceptors (Lipinski definition) is 3. The molecule has 0 aromatic carbocycles. The van der Waals surface area contributed by atoms with Gasteiger partial charge in [0.1, 0.15) is 0 Å². The molecule has 1 heterocycles. The fraction of sp³-hybridized carbons (Fsp3) is 0.833. The molecule has 3 N–H and O–H groups in total. The number of aliphatic carboxylic acids is 1. The number of urea groups is 1. The van der Waals surface area contributed by atoms with Gasteiger partial charge in [-0.25, -0.2) is 9.59 Å². The number of aliphatic hydroxyl groups is 1. The van der Waals surface area contributed by atoms with E-state index < -0.39 is 18.6 Å². The van der Waals surface area contributed by atoms with Crippen LogP contribution in [0.3, 0.4) is 0 Å². The van der Waals surface area contributed by atoms with Crippen molar-refractivity contribution in [3.63, 3.8) is 0 Å². The molecule has 0 radical (unpaired) electrons. The van der Waals surface area contributed by atoms with E-state index >= 15 is 0 Å². The summed E-state index contributed by atoms with van der Waals surface area (Å²) in [5, 5.41) is 20.1. The first-order chi connectivity index (χ1) is 8.60. The van der Waals surface area contributed by atoms with Gasteiger partial charge in [0.2, 0.25) is 0 Å². The topological polar surface area (TPSA) is 89.9 Å². The van der Waals surface area contributed by atoms with Gasteiger partial charge in [0.05, 0.1) is 6.61 Å². The zero-order valence-corrected chi connectivity index (χ0v) is 10.8. The summed E-state index contributed by atoms with van der Waals surface area (Å²) in [5.74, 6) is -1.21. The smallest absolute Gasteiger partial charge is 0.328 e. The summed E-state index contributed by atoms with van der Waals surface area (Å²) in [7, 11) is 0. The average molecular weight is 258 g/mol. The second-order valence-corrected chi connectivity index (χ2v) is 4.65. The average Bonchev–Trinajstić information content (AvgIpc) is 2.36. The minimum absolute atomic E-state index is 0.192. The van der Waals surface area contributed by atoms with Crippen LogP contribution in [0.15, 0.2) is 0 Å². The van der Waals surface area contributed by atoms with Crippen molar-refractivity contribution in [2.24, 2.45) is 0 Å². The first-order valence-electron chi connectivity index (χ1n) is 6.51. The number of nitrogens with zero attached hydrogens (tertiary/aromatic N) is 1. The maximum Gasteiger partial charge on any atom is 0.328 e. The van der Waals surface area contributed by atoms with E-state index in [0.717, 1.165) is 32.1 Å². The van der Waals surface area contributed by atoms with E-state index in [0.29, 0.717) is 6.54 Å². The summed E-state index contributed by atoms with van der Waals surface area (Å²) in [6.45, 7) is 2.14. The van der Waals surface area contributed by atoms with E-state index in [4.69, 9.17) is 10.2 Å². The third-order valence-electron chi connectivity index (χ3n) is 3.29. The minimum atomic E-state index is -1.22. The maximum atomic E-state index is 12.0. The van der Waals surface area contributed by atoms with Gasteiger partial charge in [-0.3, -0.25) is 0 Å². The monoisotopic (exact) mass is 258 g/mol. The van der Waals surface area contributed by atoms with Crippen LogP contribution < -0.4 is 5.32 Å². The summed E-state index contributed by atoms with van der Waals surface area (Å²) in [6.07, 6.45) is 4.96. The fourth-order valence-electron chi connectivity index (χ4n) is 2.32. The number of carboxylic acid groups (broad SMARTS) is 1. The highest BCUT2D eigenvalue weighted by atomic mass is 16.4. The Morgan fingerprint density at radius 3 is 2.72 bits per heavy atom. The van der Waals surface area contributed by atoms with Crippen molar-refractivity contribution in [1.82, 2.24) is 10.2 Å². The fourth-order valence-corrected chi connectivity index (χ4v) is 2.32. The Bertz CT molecular complexity index is 294. The molecule has 0 aromatic rings. The van der Waals surface area contributed by atoms with Gasteiger partial charge in [-0.2, -0.15) is 0 Å². The molecule has 1 saturated heterocycles. The van der Waals surface area contributed by atoms with Crippen molar-refractivity contribution in [3.05, 3.63) is 0 Å². The van der Waals surface area contributed by atoms with Gasteiger partial charge in [-0.1, -0.05) is 13.3 Å². The highest BCUT2D eigenvalue weighted by Crippen LogP contribution is 2.20. The molecule has 0 aliphatic carbocycles. The van der Waals surface area contributed by atoms with Gasteiger partial charge in [0.25, 0.3) is 0 Å². The second-order valence-electron chi connectivity index (χ2n) is 4.65. The van der Waals surface area contributed by atoms with Gasteiger partial charge >= 0.3 is 12.0 Å². The van der Waals surface area contributed by atoms with Crippen LogP contribution in [0.25, 0.3) is 0 Å². The lowest BCUT2D eigenvalue weighted by Crippen LogP contribution is -2.53. The SMILES string of the molecule is CCCC1CCCCN1C(=O)N[C@H](CO)C(=O)O.